The molecular weight excluding hydrogens is 204 g/mol. The molecule has 0 saturated heterocycles. The van der Waals surface area contributed by atoms with Crippen LogP contribution in [0.15, 0.2) is 12.1 Å². The van der Waals surface area contributed by atoms with Crippen molar-refractivity contribution in [1.82, 2.24) is 5.32 Å². The van der Waals surface area contributed by atoms with E-state index in [1.54, 1.807) is 11.3 Å². The van der Waals surface area contributed by atoms with Gasteiger partial charge in [-0.1, -0.05) is 18.5 Å². The van der Waals surface area contributed by atoms with Crippen LogP contribution in [0.5, 0.6) is 0 Å². The zero-order valence-electron chi connectivity index (χ0n) is 8.01. The van der Waals surface area contributed by atoms with Crippen LogP contribution in [0, 0.1) is 0 Å². The second-order valence-electron chi connectivity index (χ2n) is 2.85. The largest absolute Gasteiger partial charge is 0.365 e. The van der Waals surface area contributed by atoms with E-state index < -0.39 is 0 Å². The van der Waals surface area contributed by atoms with Crippen molar-refractivity contribution in [2.45, 2.75) is 6.92 Å². The van der Waals surface area contributed by atoms with Crippen molar-refractivity contribution in [3.05, 3.63) is 16.5 Å². The standard InChI is InChI=1S/C9H15ClN2S/c1-3-11-6-7-12(2)9-5-4-8(10)13-9/h4-5,11H,3,6-7H2,1-2H3. The maximum atomic E-state index is 5.84. The molecule has 4 heteroatoms. The first-order valence-corrected chi connectivity index (χ1v) is 5.60. The van der Waals surface area contributed by atoms with E-state index in [1.165, 1.54) is 5.00 Å². The highest BCUT2D eigenvalue weighted by atomic mass is 35.5. The number of thiophene rings is 1. The van der Waals surface area contributed by atoms with E-state index in [0.717, 1.165) is 24.0 Å². The molecule has 0 saturated carbocycles. The Kier molecular flexibility index (Phi) is 4.56. The highest BCUT2D eigenvalue weighted by molar-refractivity contribution is 7.19. The Labute approximate surface area is 88.5 Å². The summed E-state index contributed by atoms with van der Waals surface area (Å²) >= 11 is 7.46. The van der Waals surface area contributed by atoms with Crippen LogP contribution in [0.4, 0.5) is 5.00 Å². The number of halogens is 1. The van der Waals surface area contributed by atoms with E-state index in [1.807, 2.05) is 6.07 Å². The summed E-state index contributed by atoms with van der Waals surface area (Å²) in [4.78, 5) is 2.21. The summed E-state index contributed by atoms with van der Waals surface area (Å²) in [6.07, 6.45) is 0. The molecule has 0 aliphatic carbocycles. The molecule has 0 spiro atoms. The summed E-state index contributed by atoms with van der Waals surface area (Å²) in [7, 11) is 2.08. The fourth-order valence-electron chi connectivity index (χ4n) is 1.04. The highest BCUT2D eigenvalue weighted by Gasteiger charge is 2.02. The molecule has 0 amide bonds. The van der Waals surface area contributed by atoms with Crippen molar-refractivity contribution in [2.24, 2.45) is 0 Å². The fraction of sp³-hybridized carbons (Fsp3) is 0.556. The van der Waals surface area contributed by atoms with Crippen molar-refractivity contribution in [3.8, 4) is 0 Å². The van der Waals surface area contributed by atoms with Crippen LogP contribution < -0.4 is 10.2 Å². The normalized spacial score (nSPS) is 10.4. The molecule has 13 heavy (non-hydrogen) atoms. The summed E-state index contributed by atoms with van der Waals surface area (Å²) in [5.74, 6) is 0. The van der Waals surface area contributed by atoms with Gasteiger partial charge in [-0.15, -0.1) is 11.3 Å². The van der Waals surface area contributed by atoms with Gasteiger partial charge in [0, 0.05) is 20.1 Å². The van der Waals surface area contributed by atoms with Crippen molar-refractivity contribution < 1.29 is 0 Å². The molecule has 1 aromatic rings. The molecule has 0 aliphatic heterocycles. The van der Waals surface area contributed by atoms with E-state index in [-0.39, 0.29) is 0 Å². The molecule has 0 aromatic carbocycles. The summed E-state index contributed by atoms with van der Waals surface area (Å²) in [5.41, 5.74) is 0. The average Bonchev–Trinajstić information content (AvgIpc) is 2.52. The van der Waals surface area contributed by atoms with E-state index >= 15 is 0 Å². The number of nitrogens with zero attached hydrogens (tertiary/aromatic N) is 1. The Bertz CT molecular complexity index is 250. The Morgan fingerprint density at radius 3 is 2.85 bits per heavy atom. The van der Waals surface area contributed by atoms with Crippen LogP contribution in [0.25, 0.3) is 0 Å². The van der Waals surface area contributed by atoms with Gasteiger partial charge in [0.05, 0.1) is 9.34 Å². The summed E-state index contributed by atoms with van der Waals surface area (Å²) < 4.78 is 0.852. The van der Waals surface area contributed by atoms with Gasteiger partial charge in [-0.2, -0.15) is 0 Å². The lowest BCUT2D eigenvalue weighted by Crippen LogP contribution is -2.28. The topological polar surface area (TPSA) is 15.3 Å². The van der Waals surface area contributed by atoms with E-state index in [0.29, 0.717) is 0 Å². The minimum Gasteiger partial charge on any atom is -0.365 e. The summed E-state index contributed by atoms with van der Waals surface area (Å²) in [5, 5.41) is 4.51. The SMILES string of the molecule is CCNCCN(C)c1ccc(Cl)s1. The molecule has 0 bridgehead atoms. The van der Waals surface area contributed by atoms with Crippen LogP contribution in [0.2, 0.25) is 4.34 Å². The molecule has 0 aliphatic rings. The Morgan fingerprint density at radius 1 is 1.54 bits per heavy atom. The second kappa shape index (κ2) is 5.47. The van der Waals surface area contributed by atoms with Crippen molar-refractivity contribution in [2.75, 3.05) is 31.6 Å². The molecule has 2 nitrogen and oxygen atoms in total. The van der Waals surface area contributed by atoms with Crippen LogP contribution in [0.1, 0.15) is 6.92 Å². The van der Waals surface area contributed by atoms with Gasteiger partial charge in [0.25, 0.3) is 0 Å². The minimum absolute atomic E-state index is 0.852. The molecule has 1 N–H and O–H groups in total. The fourth-order valence-corrected chi connectivity index (χ4v) is 2.06. The molecule has 0 fully saturated rings. The number of hydrogen-bond acceptors (Lipinski definition) is 3. The number of anilines is 1. The number of hydrogen-bond donors (Lipinski definition) is 1. The lowest BCUT2D eigenvalue weighted by Gasteiger charge is -2.16. The van der Waals surface area contributed by atoms with Crippen molar-refractivity contribution >= 4 is 27.9 Å². The molecular formula is C9H15ClN2S. The maximum absolute atomic E-state index is 5.84. The van der Waals surface area contributed by atoms with Gasteiger partial charge in [-0.05, 0) is 18.7 Å². The van der Waals surface area contributed by atoms with Gasteiger partial charge in [-0.25, -0.2) is 0 Å². The predicted molar refractivity (Wildman–Crippen MR) is 61.1 cm³/mol. The van der Waals surface area contributed by atoms with E-state index in [9.17, 15) is 0 Å². The maximum Gasteiger partial charge on any atom is 0.0950 e. The Balaban J connectivity index is 2.35. The third-order valence-corrected chi connectivity index (χ3v) is 3.15. The highest BCUT2D eigenvalue weighted by Crippen LogP contribution is 2.28. The van der Waals surface area contributed by atoms with Gasteiger partial charge in [0.15, 0.2) is 0 Å². The lowest BCUT2D eigenvalue weighted by atomic mass is 10.5. The first kappa shape index (κ1) is 10.8. The third-order valence-electron chi connectivity index (χ3n) is 1.81. The van der Waals surface area contributed by atoms with Crippen molar-refractivity contribution in [1.29, 1.82) is 0 Å². The monoisotopic (exact) mass is 218 g/mol. The number of rotatable bonds is 5. The Morgan fingerprint density at radius 2 is 2.31 bits per heavy atom. The van der Waals surface area contributed by atoms with Crippen LogP contribution in [-0.2, 0) is 0 Å². The van der Waals surface area contributed by atoms with Gasteiger partial charge in [0.1, 0.15) is 0 Å². The predicted octanol–water partition coefficient (Wildman–Crippen LogP) is 2.45. The van der Waals surface area contributed by atoms with Gasteiger partial charge >= 0.3 is 0 Å². The quantitative estimate of drug-likeness (QED) is 0.764. The molecule has 0 atom stereocenters. The van der Waals surface area contributed by atoms with Crippen LogP contribution >= 0.6 is 22.9 Å². The van der Waals surface area contributed by atoms with Gasteiger partial charge in [-0.3, -0.25) is 0 Å². The molecule has 1 heterocycles. The Hall–Kier alpha value is -0.250. The zero-order chi connectivity index (χ0) is 9.68. The molecule has 74 valence electrons. The minimum atomic E-state index is 0.852. The van der Waals surface area contributed by atoms with Gasteiger partial charge < -0.3 is 10.2 Å². The second-order valence-corrected chi connectivity index (χ2v) is 4.55. The number of likely N-dealkylation sites (N-methyl/N-ethyl adjacent to an activating group) is 2. The smallest absolute Gasteiger partial charge is 0.0950 e. The number of nitrogens with one attached hydrogen (secondary N) is 1. The average molecular weight is 219 g/mol. The molecule has 0 radical (unpaired) electrons. The zero-order valence-corrected chi connectivity index (χ0v) is 9.58. The third kappa shape index (κ3) is 3.55. The van der Waals surface area contributed by atoms with Crippen molar-refractivity contribution in [3.63, 3.8) is 0 Å². The van der Waals surface area contributed by atoms with Crippen LogP contribution in [-0.4, -0.2) is 26.7 Å². The lowest BCUT2D eigenvalue weighted by molar-refractivity contribution is 0.708. The molecule has 1 rings (SSSR count). The first-order chi connectivity index (χ1) is 6.24. The van der Waals surface area contributed by atoms with E-state index in [2.05, 4.69) is 30.3 Å². The molecule has 0 unspecified atom stereocenters. The summed E-state index contributed by atoms with van der Waals surface area (Å²) in [6, 6.07) is 3.99. The first-order valence-electron chi connectivity index (χ1n) is 4.41. The molecule has 1 aromatic heterocycles. The van der Waals surface area contributed by atoms with E-state index in [4.69, 9.17) is 11.6 Å². The summed E-state index contributed by atoms with van der Waals surface area (Å²) in [6.45, 7) is 5.17. The van der Waals surface area contributed by atoms with Gasteiger partial charge in [0.2, 0.25) is 0 Å². The van der Waals surface area contributed by atoms with Crippen LogP contribution in [0.3, 0.4) is 0 Å².